The maximum absolute atomic E-state index is 13.2. The molecule has 214 valence electrons. The maximum atomic E-state index is 13.2. The number of ether oxygens (including phenoxy) is 2. The average Bonchev–Trinajstić information content (AvgIpc) is 2.91. The summed E-state index contributed by atoms with van der Waals surface area (Å²) in [6.45, 7) is 3.35. The van der Waals surface area contributed by atoms with Crippen LogP contribution in [0.4, 0.5) is 0 Å². The van der Waals surface area contributed by atoms with Gasteiger partial charge < -0.3 is 24.6 Å². The SMILES string of the molecule is COc1cc(C(=O)NC2CCN(P(=O)(Cl)OC[C@@H]3CNC[C@H](n4cc(C)c(=O)[nH]c4=O)O3)CC2)cc(C)c1C. The Hall–Kier alpha value is -2.47. The van der Waals surface area contributed by atoms with Crippen LogP contribution in [-0.4, -0.2) is 72.2 Å². The summed E-state index contributed by atoms with van der Waals surface area (Å²) in [4.78, 5) is 39.0. The predicted molar refractivity (Wildman–Crippen MR) is 147 cm³/mol. The van der Waals surface area contributed by atoms with E-state index in [1.54, 1.807) is 24.8 Å². The van der Waals surface area contributed by atoms with Crippen molar-refractivity contribution in [3.05, 3.63) is 61.4 Å². The molecule has 2 fully saturated rings. The molecule has 3 atom stereocenters. The number of hydrogen-bond donors (Lipinski definition) is 3. The lowest BCUT2D eigenvalue weighted by molar-refractivity contribution is -0.0934. The predicted octanol–water partition coefficient (Wildman–Crippen LogP) is 2.22. The molecular formula is C25H35ClN5O7P. The van der Waals surface area contributed by atoms with Crippen LogP contribution in [0.5, 0.6) is 5.75 Å². The molecular weight excluding hydrogens is 549 g/mol. The number of carbonyl (C=O) groups excluding carboxylic acids is 1. The summed E-state index contributed by atoms with van der Waals surface area (Å²) in [5.41, 5.74) is 1.85. The number of carbonyl (C=O) groups is 1. The number of rotatable bonds is 8. The second-order valence-corrected chi connectivity index (χ2v) is 12.9. The first kappa shape index (κ1) is 29.5. The number of amides is 1. The minimum Gasteiger partial charge on any atom is -0.496 e. The zero-order valence-corrected chi connectivity index (χ0v) is 24.1. The van der Waals surface area contributed by atoms with Gasteiger partial charge in [-0.1, -0.05) is 0 Å². The van der Waals surface area contributed by atoms with Gasteiger partial charge in [0, 0.05) is 49.5 Å². The van der Waals surface area contributed by atoms with Crippen molar-refractivity contribution in [2.45, 2.75) is 52.0 Å². The van der Waals surface area contributed by atoms with Gasteiger partial charge in [-0.25, -0.2) is 9.46 Å². The van der Waals surface area contributed by atoms with Crippen LogP contribution in [0.15, 0.2) is 27.9 Å². The fraction of sp³-hybridized carbons (Fsp3) is 0.560. The highest BCUT2D eigenvalue weighted by atomic mass is 35.7. The Morgan fingerprint density at radius 2 is 1.90 bits per heavy atom. The molecule has 1 unspecified atom stereocenters. The van der Waals surface area contributed by atoms with Gasteiger partial charge in [0.2, 0.25) is 0 Å². The number of benzene rings is 1. The minimum absolute atomic E-state index is 0.0490. The Morgan fingerprint density at radius 1 is 1.18 bits per heavy atom. The molecule has 4 rings (SSSR count). The molecule has 2 aliphatic heterocycles. The second kappa shape index (κ2) is 12.4. The fourth-order valence-corrected chi connectivity index (χ4v) is 6.54. The van der Waals surface area contributed by atoms with Crippen LogP contribution in [0.1, 0.15) is 46.1 Å². The van der Waals surface area contributed by atoms with E-state index in [4.69, 9.17) is 25.2 Å². The normalized spacial score (nSPS) is 22.3. The molecule has 0 saturated carbocycles. The van der Waals surface area contributed by atoms with Gasteiger partial charge in [0.15, 0.2) is 6.23 Å². The molecule has 14 heteroatoms. The molecule has 0 radical (unpaired) electrons. The third kappa shape index (κ3) is 7.00. The van der Waals surface area contributed by atoms with Gasteiger partial charge >= 0.3 is 12.6 Å². The van der Waals surface area contributed by atoms with Gasteiger partial charge in [-0.3, -0.25) is 23.7 Å². The number of aromatic amines is 1. The number of halogens is 1. The van der Waals surface area contributed by atoms with Crippen LogP contribution in [-0.2, 0) is 13.8 Å². The lowest BCUT2D eigenvalue weighted by Gasteiger charge is -2.35. The van der Waals surface area contributed by atoms with E-state index in [0.29, 0.717) is 55.9 Å². The minimum atomic E-state index is -3.64. The van der Waals surface area contributed by atoms with E-state index in [2.05, 4.69) is 15.6 Å². The summed E-state index contributed by atoms with van der Waals surface area (Å²) in [6, 6.07) is 3.48. The van der Waals surface area contributed by atoms with Crippen LogP contribution in [0.25, 0.3) is 0 Å². The standard InChI is InChI=1S/C25H35ClN5O7P/c1-15-9-18(10-21(36-4)17(15)3)24(33)28-19-5-7-30(8-6-19)39(26,35)37-14-20-11-27-12-22(38-20)31-13-16(2)23(32)29-25(31)34/h9-10,13,19-20,22,27H,5-8,11-12,14H2,1-4H3,(H,28,33)(H,29,32,34)/t20-,22+,39?/m0/s1. The van der Waals surface area contributed by atoms with Crippen molar-refractivity contribution in [1.82, 2.24) is 24.9 Å². The number of H-pyrrole nitrogens is 1. The van der Waals surface area contributed by atoms with Gasteiger partial charge in [-0.2, -0.15) is 0 Å². The van der Waals surface area contributed by atoms with Crippen molar-refractivity contribution in [3.63, 3.8) is 0 Å². The van der Waals surface area contributed by atoms with Crippen LogP contribution in [0, 0.1) is 20.8 Å². The molecule has 3 heterocycles. The molecule has 2 saturated heterocycles. The highest BCUT2D eigenvalue weighted by molar-refractivity contribution is 7.83. The van der Waals surface area contributed by atoms with Crippen molar-refractivity contribution in [2.75, 3.05) is 39.9 Å². The van der Waals surface area contributed by atoms with Gasteiger partial charge in [-0.05, 0) is 68.1 Å². The Kier molecular flexibility index (Phi) is 9.36. The van der Waals surface area contributed by atoms with Crippen molar-refractivity contribution < 1.29 is 23.4 Å². The first-order chi connectivity index (χ1) is 18.5. The van der Waals surface area contributed by atoms with Crippen molar-refractivity contribution in [1.29, 1.82) is 0 Å². The number of piperidine rings is 1. The molecule has 0 bridgehead atoms. The van der Waals surface area contributed by atoms with E-state index in [1.165, 1.54) is 10.8 Å². The Bertz CT molecular complexity index is 1370. The molecule has 0 aliphatic carbocycles. The van der Waals surface area contributed by atoms with Crippen LogP contribution in [0.2, 0.25) is 0 Å². The Balaban J connectivity index is 1.28. The third-order valence-electron chi connectivity index (χ3n) is 7.16. The van der Waals surface area contributed by atoms with Gasteiger partial charge in [0.05, 0.1) is 19.8 Å². The van der Waals surface area contributed by atoms with E-state index in [1.807, 2.05) is 19.9 Å². The molecule has 0 spiro atoms. The van der Waals surface area contributed by atoms with Gasteiger partial charge in [-0.15, -0.1) is 0 Å². The molecule has 39 heavy (non-hydrogen) atoms. The van der Waals surface area contributed by atoms with E-state index in [9.17, 15) is 18.9 Å². The largest absolute Gasteiger partial charge is 0.496 e. The summed E-state index contributed by atoms with van der Waals surface area (Å²) < 4.78 is 33.1. The van der Waals surface area contributed by atoms with Crippen LogP contribution >= 0.6 is 18.1 Å². The first-order valence-corrected chi connectivity index (χ1v) is 15.3. The zero-order valence-electron chi connectivity index (χ0n) is 22.5. The summed E-state index contributed by atoms with van der Waals surface area (Å²) in [7, 11) is 1.58. The molecule has 3 N–H and O–H groups in total. The topological polar surface area (TPSA) is 144 Å². The van der Waals surface area contributed by atoms with E-state index in [-0.39, 0.29) is 18.6 Å². The monoisotopic (exact) mass is 583 g/mol. The number of morpholine rings is 1. The van der Waals surface area contributed by atoms with Gasteiger partial charge in [0.1, 0.15) is 5.75 Å². The molecule has 2 aromatic rings. The number of aryl methyl sites for hydroxylation is 2. The van der Waals surface area contributed by atoms with E-state index in [0.717, 1.165) is 11.1 Å². The van der Waals surface area contributed by atoms with Crippen molar-refractivity contribution >= 4 is 24.0 Å². The number of aromatic nitrogens is 2. The quantitative estimate of drug-likeness (QED) is 0.398. The molecule has 12 nitrogen and oxygen atoms in total. The average molecular weight is 584 g/mol. The van der Waals surface area contributed by atoms with Crippen LogP contribution < -0.4 is 26.6 Å². The van der Waals surface area contributed by atoms with Crippen molar-refractivity contribution in [3.8, 4) is 5.75 Å². The maximum Gasteiger partial charge on any atom is 0.363 e. The highest BCUT2D eigenvalue weighted by Crippen LogP contribution is 2.57. The summed E-state index contributed by atoms with van der Waals surface area (Å²) in [5, 5.41) is 6.21. The second-order valence-electron chi connectivity index (χ2n) is 9.92. The number of nitrogens with zero attached hydrogens (tertiary/aromatic N) is 2. The number of hydrogen-bond acceptors (Lipinski definition) is 8. The lowest BCUT2D eigenvalue weighted by Crippen LogP contribution is -2.48. The van der Waals surface area contributed by atoms with E-state index >= 15 is 0 Å². The summed E-state index contributed by atoms with van der Waals surface area (Å²) in [5.74, 6) is 0.480. The number of methoxy groups -OCH3 is 1. The molecule has 1 amide bonds. The molecule has 1 aromatic carbocycles. The zero-order chi connectivity index (χ0) is 28.3. The molecule has 2 aliphatic rings. The third-order valence-corrected chi connectivity index (χ3v) is 9.64. The Labute approximate surface area is 231 Å². The molecule has 1 aromatic heterocycles. The fourth-order valence-electron chi connectivity index (χ4n) is 4.69. The first-order valence-electron chi connectivity index (χ1n) is 12.8. The number of nitrogens with one attached hydrogen (secondary N) is 3. The smallest absolute Gasteiger partial charge is 0.363 e. The Morgan fingerprint density at radius 3 is 2.59 bits per heavy atom. The highest BCUT2D eigenvalue weighted by Gasteiger charge is 2.35. The lowest BCUT2D eigenvalue weighted by atomic mass is 10.0. The van der Waals surface area contributed by atoms with Crippen molar-refractivity contribution in [2.24, 2.45) is 0 Å². The van der Waals surface area contributed by atoms with Gasteiger partial charge in [0.25, 0.3) is 11.5 Å². The van der Waals surface area contributed by atoms with E-state index < -0.39 is 30.5 Å². The van der Waals surface area contributed by atoms with Crippen LogP contribution in [0.3, 0.4) is 0 Å². The summed E-state index contributed by atoms with van der Waals surface area (Å²) >= 11 is 6.35. The summed E-state index contributed by atoms with van der Waals surface area (Å²) in [6.07, 6.45) is 1.39.